The molecule has 0 amide bonds. The van der Waals surface area contributed by atoms with Gasteiger partial charge in [0, 0.05) is 22.4 Å². The predicted molar refractivity (Wildman–Crippen MR) is 124 cm³/mol. The normalized spacial score (nSPS) is 13.4. The highest BCUT2D eigenvalue weighted by Gasteiger charge is 2.30. The maximum Gasteiger partial charge on any atom is 0.796 e. The molecule has 6 rings (SSSR count). The Morgan fingerprint density at radius 3 is 1.97 bits per heavy atom. The first-order chi connectivity index (χ1) is 15.7. The fraction of sp³-hybridized carbons (Fsp3) is 0.148. The first-order valence-electron chi connectivity index (χ1n) is 11.0. The SMILES string of the molecule is FB(F)Oc1ccccc1-c1nc2c(c3c1-c1ccccc1CC3)-c1ccccc1CC2. The summed E-state index contributed by atoms with van der Waals surface area (Å²) in [5.41, 5.74) is 10.9. The predicted octanol–water partition coefficient (Wildman–Crippen LogP) is 6.58. The van der Waals surface area contributed by atoms with Gasteiger partial charge in [0.25, 0.3) is 0 Å². The number of aryl methyl sites for hydroxylation is 3. The van der Waals surface area contributed by atoms with Crippen molar-refractivity contribution in [1.29, 1.82) is 0 Å². The van der Waals surface area contributed by atoms with E-state index < -0.39 is 7.47 Å². The van der Waals surface area contributed by atoms with Gasteiger partial charge in [0.15, 0.2) is 0 Å². The van der Waals surface area contributed by atoms with Crippen LogP contribution in [0.25, 0.3) is 33.5 Å². The zero-order valence-electron chi connectivity index (χ0n) is 17.4. The van der Waals surface area contributed by atoms with Crippen LogP contribution in [0.1, 0.15) is 22.4 Å². The quantitative estimate of drug-likeness (QED) is 0.347. The molecular weight excluding hydrogens is 403 g/mol. The van der Waals surface area contributed by atoms with Crippen molar-refractivity contribution in [3.63, 3.8) is 0 Å². The molecule has 2 aliphatic rings. The molecular formula is C27H20BF2NO. The number of pyridine rings is 1. The average Bonchev–Trinajstić information content (AvgIpc) is 2.83. The van der Waals surface area contributed by atoms with Crippen molar-refractivity contribution in [1.82, 2.24) is 4.98 Å². The standard InChI is InChI=1S/C27H20BF2NO/c29-28(30)32-24-12-6-5-11-21(24)27-26-20-10-4-2-7-17(20)13-15-22(26)25-19-9-3-1-8-18(19)14-16-23(25)31-27/h1-12H,13-16H2. The number of aromatic nitrogens is 1. The highest BCUT2D eigenvalue weighted by molar-refractivity contribution is 6.35. The maximum atomic E-state index is 13.2. The van der Waals surface area contributed by atoms with Crippen LogP contribution in [0.3, 0.4) is 0 Å². The molecule has 3 aromatic carbocycles. The van der Waals surface area contributed by atoms with E-state index in [1.165, 1.54) is 27.8 Å². The Balaban J connectivity index is 1.69. The molecule has 1 aromatic heterocycles. The van der Waals surface area contributed by atoms with Gasteiger partial charge in [-0.2, -0.15) is 0 Å². The third kappa shape index (κ3) is 3.03. The molecule has 0 bridgehead atoms. The number of hydrogen-bond donors (Lipinski definition) is 0. The van der Waals surface area contributed by atoms with Crippen LogP contribution in [-0.2, 0) is 25.7 Å². The molecule has 32 heavy (non-hydrogen) atoms. The molecule has 0 fully saturated rings. The van der Waals surface area contributed by atoms with Crippen molar-refractivity contribution in [3.05, 3.63) is 95.2 Å². The zero-order valence-corrected chi connectivity index (χ0v) is 17.4. The smallest absolute Gasteiger partial charge is 0.505 e. The second kappa shape index (κ2) is 7.59. The number of hydrogen-bond acceptors (Lipinski definition) is 2. The van der Waals surface area contributed by atoms with Gasteiger partial charge in [-0.25, -0.2) is 8.63 Å². The van der Waals surface area contributed by atoms with Crippen LogP contribution in [0.2, 0.25) is 0 Å². The Labute approximate surface area is 186 Å². The number of nitrogens with zero attached hydrogens (tertiary/aromatic N) is 1. The molecule has 0 N–H and O–H groups in total. The van der Waals surface area contributed by atoms with Gasteiger partial charge in [-0.1, -0.05) is 60.7 Å². The molecule has 0 unspecified atom stereocenters. The summed E-state index contributed by atoms with van der Waals surface area (Å²) >= 11 is 0. The van der Waals surface area contributed by atoms with Gasteiger partial charge in [-0.05, 0) is 65.6 Å². The minimum atomic E-state index is -2.89. The lowest BCUT2D eigenvalue weighted by Gasteiger charge is -2.30. The number of fused-ring (bicyclic) bond motifs is 7. The highest BCUT2D eigenvalue weighted by Crippen LogP contribution is 2.48. The third-order valence-corrected chi connectivity index (χ3v) is 6.58. The van der Waals surface area contributed by atoms with Crippen molar-refractivity contribution in [3.8, 4) is 39.3 Å². The van der Waals surface area contributed by atoms with Crippen molar-refractivity contribution in [2.75, 3.05) is 0 Å². The second-order valence-electron chi connectivity index (χ2n) is 8.32. The molecule has 2 aliphatic carbocycles. The van der Waals surface area contributed by atoms with E-state index in [9.17, 15) is 8.63 Å². The summed E-state index contributed by atoms with van der Waals surface area (Å²) in [5.74, 6) is 0.163. The minimum Gasteiger partial charge on any atom is -0.505 e. The molecule has 0 atom stereocenters. The van der Waals surface area contributed by atoms with Crippen LogP contribution < -0.4 is 4.65 Å². The monoisotopic (exact) mass is 423 g/mol. The van der Waals surface area contributed by atoms with Crippen LogP contribution in [-0.4, -0.2) is 12.5 Å². The van der Waals surface area contributed by atoms with Crippen molar-refractivity contribution < 1.29 is 13.3 Å². The summed E-state index contributed by atoms with van der Waals surface area (Å²) < 4.78 is 31.3. The van der Waals surface area contributed by atoms with E-state index >= 15 is 0 Å². The lowest BCUT2D eigenvalue weighted by atomic mass is 9.76. The zero-order chi connectivity index (χ0) is 21.7. The number of rotatable bonds is 3. The summed E-state index contributed by atoms with van der Waals surface area (Å²) in [6.45, 7) is 0. The first-order valence-corrected chi connectivity index (χ1v) is 11.0. The molecule has 2 nitrogen and oxygen atoms in total. The van der Waals surface area contributed by atoms with Crippen LogP contribution >= 0.6 is 0 Å². The summed E-state index contributed by atoms with van der Waals surface area (Å²) in [6, 6.07) is 23.9. The average molecular weight is 423 g/mol. The van der Waals surface area contributed by atoms with Gasteiger partial charge in [0.2, 0.25) is 0 Å². The molecule has 156 valence electrons. The van der Waals surface area contributed by atoms with Crippen LogP contribution in [0.4, 0.5) is 8.63 Å². The van der Waals surface area contributed by atoms with Gasteiger partial charge in [0.1, 0.15) is 5.75 Å². The first kappa shape index (κ1) is 19.2. The number of halogens is 2. The fourth-order valence-corrected chi connectivity index (χ4v) is 5.26. The summed E-state index contributed by atoms with van der Waals surface area (Å²) in [4.78, 5) is 5.14. The van der Waals surface area contributed by atoms with E-state index in [1.807, 2.05) is 18.2 Å². The third-order valence-electron chi connectivity index (χ3n) is 6.58. The second-order valence-corrected chi connectivity index (χ2v) is 8.32. The van der Waals surface area contributed by atoms with Gasteiger partial charge >= 0.3 is 7.47 Å². The Bertz CT molecular complexity index is 1350. The molecule has 4 aromatic rings. The lowest BCUT2D eigenvalue weighted by molar-refractivity contribution is 0.427. The maximum absolute atomic E-state index is 13.2. The van der Waals surface area contributed by atoms with Gasteiger partial charge in [0.05, 0.1) is 5.69 Å². The van der Waals surface area contributed by atoms with Crippen molar-refractivity contribution >= 4 is 7.47 Å². The summed E-state index contributed by atoms with van der Waals surface area (Å²) in [5, 5.41) is 0. The molecule has 1 heterocycles. The summed E-state index contributed by atoms with van der Waals surface area (Å²) in [6.07, 6.45) is 3.62. The van der Waals surface area contributed by atoms with E-state index in [1.54, 1.807) is 12.1 Å². The van der Waals surface area contributed by atoms with Gasteiger partial charge < -0.3 is 4.65 Å². The van der Waals surface area contributed by atoms with Crippen LogP contribution in [0, 0.1) is 0 Å². The topological polar surface area (TPSA) is 22.1 Å². The molecule has 5 heteroatoms. The molecule has 0 spiro atoms. The van der Waals surface area contributed by atoms with Crippen molar-refractivity contribution in [2.24, 2.45) is 0 Å². The largest absolute Gasteiger partial charge is 0.796 e. The Morgan fingerprint density at radius 1 is 0.656 bits per heavy atom. The fourth-order valence-electron chi connectivity index (χ4n) is 5.26. The Hall–Kier alpha value is -3.47. The molecule has 0 radical (unpaired) electrons. The minimum absolute atomic E-state index is 0.163. The van der Waals surface area contributed by atoms with Crippen LogP contribution in [0.15, 0.2) is 72.8 Å². The van der Waals surface area contributed by atoms with E-state index in [-0.39, 0.29) is 5.75 Å². The Morgan fingerprint density at radius 2 is 1.25 bits per heavy atom. The van der Waals surface area contributed by atoms with E-state index in [0.29, 0.717) is 5.56 Å². The summed E-state index contributed by atoms with van der Waals surface area (Å²) in [7, 11) is -2.89. The Kier molecular flexibility index (Phi) is 4.56. The molecule has 0 saturated carbocycles. The van der Waals surface area contributed by atoms with E-state index in [0.717, 1.165) is 48.2 Å². The van der Waals surface area contributed by atoms with Gasteiger partial charge in [-0.15, -0.1) is 0 Å². The van der Waals surface area contributed by atoms with Crippen LogP contribution in [0.5, 0.6) is 5.75 Å². The highest BCUT2D eigenvalue weighted by atomic mass is 19.2. The van der Waals surface area contributed by atoms with Crippen molar-refractivity contribution in [2.45, 2.75) is 25.7 Å². The molecule has 0 aliphatic heterocycles. The van der Waals surface area contributed by atoms with E-state index in [2.05, 4.69) is 42.5 Å². The number of para-hydroxylation sites is 1. The number of benzene rings is 3. The van der Waals surface area contributed by atoms with E-state index in [4.69, 9.17) is 9.64 Å². The lowest BCUT2D eigenvalue weighted by Crippen LogP contribution is -2.16. The molecule has 0 saturated heterocycles. The van der Waals surface area contributed by atoms with Gasteiger partial charge in [-0.3, -0.25) is 4.98 Å².